The molecule has 0 fully saturated rings. The van der Waals surface area contributed by atoms with Gasteiger partial charge in [-0.05, 0) is 55.4 Å². The molecule has 0 aliphatic carbocycles. The fourth-order valence-corrected chi connectivity index (χ4v) is 0.917. The van der Waals surface area contributed by atoms with Crippen LogP contribution < -0.4 is 10.6 Å². The molecule has 38 heavy (non-hydrogen) atoms. The van der Waals surface area contributed by atoms with E-state index in [4.69, 9.17) is 9.47 Å². The van der Waals surface area contributed by atoms with Gasteiger partial charge in [-0.2, -0.15) is 0 Å². The Hall–Kier alpha value is 3.36. The van der Waals surface area contributed by atoms with E-state index in [-0.39, 0.29) is 65.4 Å². The number of carbonyl (C=O) groups excluding carboxylic acids is 2. The van der Waals surface area contributed by atoms with Gasteiger partial charge >= 0.3 is 126 Å². The number of carbonyl (C=O) groups is 2. The first kappa shape index (κ1) is 78.2. The standard InChI is InChI=1S/2C7H15NO2.3C2H6.5CH4.5HI.2V/c2*1-5-8-6(9)10-7(2,3)4;3*1-2;;;;;;;;;;;;/h2*5H2,1-4H3,(H,8,9);3*1-2H3;5*1H4;5*1H;;/q;;;;;;;;;;;;;;;+2;+3/p-5. The molecule has 0 aliphatic rings. The first-order valence-electron chi connectivity index (χ1n) is 10.7. The van der Waals surface area contributed by atoms with Crippen LogP contribution in [0.1, 0.15) is 134 Å². The number of nitrogens with one attached hydrogen (secondary N) is 2. The zero-order valence-electron chi connectivity index (χ0n) is 22.8. The van der Waals surface area contributed by atoms with Gasteiger partial charge in [-0.1, -0.05) is 78.7 Å². The fourth-order valence-electron chi connectivity index (χ4n) is 0.917. The average molecular weight is 1200 g/mol. The van der Waals surface area contributed by atoms with Crippen molar-refractivity contribution < 1.29 is 33.4 Å². The summed E-state index contributed by atoms with van der Waals surface area (Å²) in [5.41, 5.74) is -0.779. The van der Waals surface area contributed by atoms with E-state index >= 15 is 0 Å². The molecule has 2 N–H and O–H groups in total. The van der Waals surface area contributed by atoms with Crippen LogP contribution in [0, 0.1) is 0 Å². The maximum absolute atomic E-state index is 10.7. The van der Waals surface area contributed by atoms with Gasteiger partial charge < -0.3 is 20.1 Å². The van der Waals surface area contributed by atoms with E-state index in [2.05, 4.69) is 111 Å². The number of rotatable bonds is 2. The fraction of sp³-hybridized carbons (Fsp3) is 0.920. The molecule has 0 unspecified atom stereocenters. The summed E-state index contributed by atoms with van der Waals surface area (Å²) in [4.78, 5) is 21.2. The predicted octanol–water partition coefficient (Wildman–Crippen LogP) is 13.7. The van der Waals surface area contributed by atoms with Gasteiger partial charge in [-0.15, -0.1) is 0 Å². The summed E-state index contributed by atoms with van der Waals surface area (Å²) < 4.78 is 9.86. The number of halogens is 5. The Bertz CT molecular complexity index is 344. The minimum absolute atomic E-state index is 0. The van der Waals surface area contributed by atoms with Crippen LogP contribution >= 0.6 is 99.9 Å². The molecule has 0 aromatic carbocycles. The van der Waals surface area contributed by atoms with Gasteiger partial charge in [-0.25, -0.2) is 9.59 Å². The van der Waals surface area contributed by atoms with Crippen molar-refractivity contribution in [1.82, 2.24) is 10.6 Å². The molecule has 0 saturated heterocycles. The van der Waals surface area contributed by atoms with E-state index in [0.717, 1.165) is 0 Å². The van der Waals surface area contributed by atoms with Crippen molar-refractivity contribution in [3.05, 3.63) is 0 Å². The third kappa shape index (κ3) is 155. The molecule has 0 atom stereocenters. The van der Waals surface area contributed by atoms with Crippen molar-refractivity contribution in [1.29, 1.82) is 0 Å². The van der Waals surface area contributed by atoms with Crippen molar-refractivity contribution in [2.24, 2.45) is 0 Å². The van der Waals surface area contributed by atoms with Crippen molar-refractivity contribution in [3.63, 3.8) is 0 Å². The van der Waals surface area contributed by atoms with Gasteiger partial charge in [-0.3, -0.25) is 0 Å². The van der Waals surface area contributed by atoms with Crippen LogP contribution in [0.15, 0.2) is 0 Å². The molecule has 0 spiro atoms. The molecule has 0 bridgehead atoms. The molecule has 0 aromatic rings. The van der Waals surface area contributed by atoms with E-state index in [1.165, 1.54) is 0 Å². The van der Waals surface area contributed by atoms with Gasteiger partial charge in [0.15, 0.2) is 0 Å². The number of amides is 2. The van der Waals surface area contributed by atoms with Gasteiger partial charge in [0, 0.05) is 13.1 Å². The molecule has 2 amide bonds. The molecule has 0 radical (unpaired) electrons. The van der Waals surface area contributed by atoms with Crippen molar-refractivity contribution in [3.8, 4) is 0 Å². The Morgan fingerprint density at radius 2 is 0.763 bits per heavy atom. The summed E-state index contributed by atoms with van der Waals surface area (Å²) >= 11 is 12.1. The quantitative estimate of drug-likeness (QED) is 0.270. The topological polar surface area (TPSA) is 76.7 Å². The molecule has 0 heterocycles. The molecular weight excluding hydrogens is 1130 g/mol. The molecule has 0 saturated carbocycles. The Balaban J connectivity index is -0.0000000227. The first-order valence-corrected chi connectivity index (χ1v) is 33.2. The molecule has 247 valence electrons. The van der Waals surface area contributed by atoms with Crippen molar-refractivity contribution >= 4 is 112 Å². The zero-order valence-corrected chi connectivity index (χ0v) is 36.4. The van der Waals surface area contributed by atoms with Crippen LogP contribution in [0.2, 0.25) is 0 Å². The molecule has 0 rings (SSSR count). The van der Waals surface area contributed by atoms with Crippen molar-refractivity contribution in [2.75, 3.05) is 13.1 Å². The SMILES string of the molecule is C.C.C.C.C.CC.CC.CC.CCNC(=O)OC(C)(C)C.CCNC(=O)OC(C)(C)C.[I][V]([I])[I].[I][V][I]. The molecular formula is C25H68I5N2O4V2. The second-order valence-electron chi connectivity index (χ2n) is 6.32. The van der Waals surface area contributed by atoms with Crippen LogP contribution in [0.4, 0.5) is 9.59 Å². The number of alkyl carbamates (subject to hydrolysis) is 2. The van der Waals surface area contributed by atoms with Gasteiger partial charge in [0.2, 0.25) is 0 Å². The van der Waals surface area contributed by atoms with E-state index in [9.17, 15) is 9.59 Å². The summed E-state index contributed by atoms with van der Waals surface area (Å²) in [6.07, 6.45) is -0.704. The van der Waals surface area contributed by atoms with E-state index < -0.39 is 0 Å². The Labute approximate surface area is 309 Å². The summed E-state index contributed by atoms with van der Waals surface area (Å²) in [6.45, 7) is 27.9. The van der Waals surface area contributed by atoms with Gasteiger partial charge in [0.1, 0.15) is 11.2 Å². The minimum atomic E-state index is -0.390. The number of hydrogen-bond donors (Lipinski definition) is 2. The molecule has 6 nitrogen and oxygen atoms in total. The monoisotopic (exact) mass is 1200 g/mol. The summed E-state index contributed by atoms with van der Waals surface area (Å²) in [6, 6.07) is 0. The van der Waals surface area contributed by atoms with Crippen molar-refractivity contribution in [2.45, 2.75) is 145 Å². The van der Waals surface area contributed by atoms with Gasteiger partial charge in [0.05, 0.1) is 0 Å². The maximum atomic E-state index is 10.7. The second-order valence-corrected chi connectivity index (χ2v) is 53.5. The summed E-state index contributed by atoms with van der Waals surface area (Å²) in [5, 5.41) is 5.08. The Morgan fingerprint density at radius 1 is 0.632 bits per heavy atom. The van der Waals surface area contributed by atoms with Crippen LogP contribution in [-0.2, 0) is 23.9 Å². The van der Waals surface area contributed by atoms with Gasteiger partial charge in [0.25, 0.3) is 0 Å². The Kier molecular flexibility index (Phi) is 131. The molecule has 0 aromatic heterocycles. The third-order valence-corrected chi connectivity index (χ3v) is 1.44. The first-order chi connectivity index (χ1) is 15.1. The molecule has 13 heteroatoms. The van der Waals surface area contributed by atoms with Crippen LogP contribution in [0.3, 0.4) is 0 Å². The number of hydrogen-bond acceptors (Lipinski definition) is 4. The Morgan fingerprint density at radius 3 is 0.842 bits per heavy atom. The van der Waals surface area contributed by atoms with E-state index in [1.807, 2.05) is 96.9 Å². The molecule has 0 aliphatic heterocycles. The van der Waals surface area contributed by atoms with E-state index in [0.29, 0.717) is 22.6 Å². The zero-order chi connectivity index (χ0) is 28.7. The van der Waals surface area contributed by atoms with Crippen LogP contribution in [0.5, 0.6) is 0 Å². The summed E-state index contributed by atoms with van der Waals surface area (Å²) in [5.74, 6) is 0. The van der Waals surface area contributed by atoms with Crippen LogP contribution in [0.25, 0.3) is 0 Å². The normalized spacial score (nSPS) is 7.47. The average Bonchev–Trinajstić information content (AvgIpc) is 2.65. The third-order valence-electron chi connectivity index (χ3n) is 1.44. The van der Waals surface area contributed by atoms with Crippen LogP contribution in [-0.4, -0.2) is 36.5 Å². The predicted molar refractivity (Wildman–Crippen MR) is 218 cm³/mol. The van der Waals surface area contributed by atoms with E-state index in [1.54, 1.807) is 0 Å². The summed E-state index contributed by atoms with van der Waals surface area (Å²) in [7, 11) is 0.628. The second kappa shape index (κ2) is 63.6. The number of ether oxygens (including phenoxy) is 2.